The summed E-state index contributed by atoms with van der Waals surface area (Å²) in [6, 6.07) is 2.93. The van der Waals surface area contributed by atoms with Crippen LogP contribution in [-0.4, -0.2) is 75.5 Å². The van der Waals surface area contributed by atoms with Crippen LogP contribution < -0.4 is 39.6 Å². The van der Waals surface area contributed by atoms with Gasteiger partial charge in [0, 0.05) is 74.2 Å². The van der Waals surface area contributed by atoms with E-state index in [0.29, 0.717) is 55.2 Å². The molecule has 0 N–H and O–H groups in total. The van der Waals surface area contributed by atoms with Gasteiger partial charge in [-0.2, -0.15) is 13.2 Å². The van der Waals surface area contributed by atoms with Gasteiger partial charge in [-0.25, -0.2) is 23.7 Å². The van der Waals surface area contributed by atoms with Crippen LogP contribution in [0, 0.1) is 11.6 Å². The van der Waals surface area contributed by atoms with Crippen molar-refractivity contribution in [3.05, 3.63) is 57.3 Å². The number of nitrogens with zero attached hydrogens (tertiary/aromatic N) is 6. The van der Waals surface area contributed by atoms with Crippen LogP contribution in [0.15, 0.2) is 24.5 Å². The van der Waals surface area contributed by atoms with Gasteiger partial charge in [0.05, 0.1) is 22.0 Å². The summed E-state index contributed by atoms with van der Waals surface area (Å²) in [5.41, 5.74) is -0.741. The van der Waals surface area contributed by atoms with Crippen molar-refractivity contribution in [2.45, 2.75) is 64.3 Å². The van der Waals surface area contributed by atoms with Crippen molar-refractivity contribution in [2.24, 2.45) is 0 Å². The third-order valence-electron chi connectivity index (χ3n) is 8.17. The third-order valence-corrected chi connectivity index (χ3v) is 9.21. The SMILES string of the molecule is C[C@@H]1CC[C@H](C)N1Cc1sc(Cc2ncnc(N3CCN(CCC(=O)[O-])CC3)c2F)nc1-c1cc(F)cc(C(F)(F)F)c1.[Na+]. The largest absolute Gasteiger partial charge is 1.00 e. The Bertz CT molecular complexity index is 1460. The summed E-state index contributed by atoms with van der Waals surface area (Å²) in [5.74, 6) is -2.62. The summed E-state index contributed by atoms with van der Waals surface area (Å²) in [7, 11) is 0. The van der Waals surface area contributed by atoms with Gasteiger partial charge in [-0.3, -0.25) is 9.80 Å². The zero-order chi connectivity index (χ0) is 30.9. The maximum Gasteiger partial charge on any atom is 1.00 e. The predicted molar refractivity (Wildman–Crippen MR) is 149 cm³/mol. The molecule has 4 heterocycles. The van der Waals surface area contributed by atoms with Gasteiger partial charge in [0.2, 0.25) is 0 Å². The zero-order valence-electron chi connectivity index (χ0n) is 24.8. The number of carboxylic acid groups (broad SMARTS) is 1. The summed E-state index contributed by atoms with van der Waals surface area (Å²) in [6.07, 6.45) is -1.58. The molecule has 44 heavy (non-hydrogen) atoms. The van der Waals surface area contributed by atoms with Gasteiger partial charge in [-0.05, 0) is 51.3 Å². The van der Waals surface area contributed by atoms with Crippen LogP contribution in [0.1, 0.15) is 54.3 Å². The molecule has 2 aliphatic rings. The summed E-state index contributed by atoms with van der Waals surface area (Å²) >= 11 is 1.26. The molecule has 2 fully saturated rings. The third kappa shape index (κ3) is 8.13. The molecule has 2 saturated heterocycles. The van der Waals surface area contributed by atoms with Crippen molar-refractivity contribution in [1.29, 1.82) is 0 Å². The van der Waals surface area contributed by atoms with Gasteiger partial charge in [-0.15, -0.1) is 11.3 Å². The van der Waals surface area contributed by atoms with Gasteiger partial charge in [0.25, 0.3) is 0 Å². The molecule has 2 aliphatic heterocycles. The van der Waals surface area contributed by atoms with Gasteiger partial charge >= 0.3 is 35.7 Å². The second-order valence-electron chi connectivity index (χ2n) is 11.1. The maximum atomic E-state index is 15.7. The Morgan fingerprint density at radius 3 is 2.36 bits per heavy atom. The first-order valence-electron chi connectivity index (χ1n) is 14.2. The molecule has 232 valence electrons. The van der Waals surface area contributed by atoms with Crippen LogP contribution in [0.25, 0.3) is 11.3 Å². The number of aromatic nitrogens is 3. The molecule has 0 aliphatic carbocycles. The second kappa shape index (κ2) is 14.5. The van der Waals surface area contributed by atoms with Gasteiger partial charge in [-0.1, -0.05) is 0 Å². The number of hydrogen-bond acceptors (Lipinski definition) is 9. The Hall–Kier alpha value is -2.23. The van der Waals surface area contributed by atoms with Crippen LogP contribution in [0.5, 0.6) is 0 Å². The monoisotopic (exact) mass is 646 g/mol. The zero-order valence-corrected chi connectivity index (χ0v) is 27.6. The minimum absolute atomic E-state index is 0. The molecule has 1 aromatic carbocycles. The van der Waals surface area contributed by atoms with Crippen molar-refractivity contribution in [1.82, 2.24) is 24.8 Å². The van der Waals surface area contributed by atoms with E-state index in [1.165, 1.54) is 17.7 Å². The van der Waals surface area contributed by atoms with E-state index in [2.05, 4.69) is 33.7 Å². The average Bonchev–Trinajstić information content (AvgIpc) is 3.50. The van der Waals surface area contributed by atoms with Crippen LogP contribution in [0.2, 0.25) is 0 Å². The molecule has 3 aromatic rings. The number of carbonyl (C=O) groups is 1. The minimum Gasteiger partial charge on any atom is -0.550 e. The fourth-order valence-electron chi connectivity index (χ4n) is 5.74. The number of rotatable bonds is 9. The Kier molecular flexibility index (Phi) is 11.4. The molecule has 2 atom stereocenters. The molecule has 0 unspecified atom stereocenters. The van der Waals surface area contributed by atoms with E-state index in [1.807, 2.05) is 4.90 Å². The standard InChI is InChI=1S/C29H33F5N6O2S.Na/c1-17-3-4-18(2)40(17)15-23-27(19-11-20(29(32,33)34)13-21(30)12-19)37-24(43-23)14-22-26(31)28(36-16-35-22)39-9-7-38(8-10-39)6-5-25(41)42;/h11-13,16-18H,3-10,14-15H2,1-2H3,(H,41,42);/q;+1/p-1/t17-,18+;. The number of benzene rings is 1. The summed E-state index contributed by atoms with van der Waals surface area (Å²) in [4.78, 5) is 30.3. The number of carbonyl (C=O) groups excluding carboxylic acids is 1. The van der Waals surface area contributed by atoms with Crippen molar-refractivity contribution in [3.8, 4) is 11.3 Å². The number of hydrogen-bond donors (Lipinski definition) is 0. The first-order chi connectivity index (χ1) is 20.4. The molecule has 8 nitrogen and oxygen atoms in total. The molecule has 2 aromatic heterocycles. The molecule has 0 saturated carbocycles. The normalized spacial score (nSPS) is 19.8. The number of carboxylic acids is 1. The van der Waals surface area contributed by atoms with Crippen LogP contribution in [0.4, 0.5) is 27.8 Å². The van der Waals surface area contributed by atoms with E-state index in [9.17, 15) is 27.5 Å². The van der Waals surface area contributed by atoms with Gasteiger partial charge in [0.1, 0.15) is 12.1 Å². The van der Waals surface area contributed by atoms with Crippen LogP contribution in [-0.2, 0) is 23.9 Å². The number of halogens is 5. The van der Waals surface area contributed by atoms with Crippen molar-refractivity contribution in [3.63, 3.8) is 0 Å². The first kappa shape index (κ1) is 34.6. The molecule has 0 bridgehead atoms. The van der Waals surface area contributed by atoms with E-state index in [-0.39, 0.29) is 77.3 Å². The Morgan fingerprint density at radius 2 is 1.73 bits per heavy atom. The molecule has 0 radical (unpaired) electrons. The first-order valence-corrected chi connectivity index (χ1v) is 15.0. The quantitative estimate of drug-likeness (QED) is 0.253. The van der Waals surface area contributed by atoms with E-state index >= 15 is 4.39 Å². The molecule has 5 rings (SSSR count). The second-order valence-corrected chi connectivity index (χ2v) is 12.3. The van der Waals surface area contributed by atoms with E-state index < -0.39 is 29.3 Å². The van der Waals surface area contributed by atoms with E-state index in [0.717, 1.165) is 25.0 Å². The predicted octanol–water partition coefficient (Wildman–Crippen LogP) is 1.13. The van der Waals surface area contributed by atoms with E-state index in [1.54, 1.807) is 4.90 Å². The fourth-order valence-corrected chi connectivity index (χ4v) is 6.84. The number of anilines is 1. The molecule has 15 heteroatoms. The van der Waals surface area contributed by atoms with Gasteiger partial charge in [0.15, 0.2) is 11.6 Å². The summed E-state index contributed by atoms with van der Waals surface area (Å²) < 4.78 is 70.7. The topological polar surface area (TPSA) is 88.5 Å². The number of likely N-dealkylation sites (tertiary alicyclic amines) is 1. The van der Waals surface area contributed by atoms with Crippen LogP contribution in [0.3, 0.4) is 0 Å². The number of aliphatic carboxylic acids is 1. The average molecular weight is 647 g/mol. The number of thiazole rings is 1. The fraction of sp³-hybridized carbons (Fsp3) is 0.517. The number of piperazine rings is 1. The van der Waals surface area contributed by atoms with Crippen molar-refractivity contribution >= 4 is 23.1 Å². The smallest absolute Gasteiger partial charge is 0.550 e. The van der Waals surface area contributed by atoms with Crippen molar-refractivity contribution < 1.29 is 61.4 Å². The molecular weight excluding hydrogens is 614 g/mol. The minimum atomic E-state index is -4.73. The molecular formula is C29H32F5N6NaO2S. The van der Waals surface area contributed by atoms with Gasteiger partial charge < -0.3 is 14.8 Å². The van der Waals surface area contributed by atoms with Crippen molar-refractivity contribution in [2.75, 3.05) is 37.6 Å². The molecule has 0 amide bonds. The van der Waals surface area contributed by atoms with E-state index in [4.69, 9.17) is 0 Å². The summed E-state index contributed by atoms with van der Waals surface area (Å²) in [5, 5.41) is 11.2. The Balaban J connectivity index is 0.00000442. The summed E-state index contributed by atoms with van der Waals surface area (Å²) in [6.45, 7) is 6.92. The Morgan fingerprint density at radius 1 is 1.05 bits per heavy atom. The molecule has 0 spiro atoms. The Labute approximate surface area is 278 Å². The maximum absolute atomic E-state index is 15.7. The van der Waals surface area contributed by atoms with Crippen LogP contribution >= 0.6 is 11.3 Å². The number of alkyl halides is 3.